The largest absolute Gasteiger partial charge is 0.495 e. The Morgan fingerprint density at radius 3 is 2.33 bits per heavy atom. The highest BCUT2D eigenvalue weighted by molar-refractivity contribution is 5.27. The maximum Gasteiger partial charge on any atom is 0.137 e. The number of likely N-dealkylation sites (N-methyl/N-ethyl adjacent to an activating group) is 1. The maximum atomic E-state index is 5.66. The van der Waals surface area contributed by atoms with Crippen LogP contribution in [0.25, 0.3) is 0 Å². The number of ether oxygens (including phenoxy) is 2. The van der Waals surface area contributed by atoms with Gasteiger partial charge in [0.05, 0.1) is 25.5 Å². The molecule has 2 unspecified atom stereocenters. The van der Waals surface area contributed by atoms with Crippen molar-refractivity contribution in [2.75, 3.05) is 21.3 Å². The second-order valence-corrected chi connectivity index (χ2v) is 5.45. The molecule has 1 heterocycles. The normalized spacial score (nSPS) is 15.2. The first-order valence-corrected chi connectivity index (χ1v) is 6.13. The van der Waals surface area contributed by atoms with Gasteiger partial charge < -0.3 is 14.8 Å². The number of hydrogen-bond donors (Lipinski definition) is 1. The first-order valence-electron chi connectivity index (χ1n) is 6.13. The summed E-state index contributed by atoms with van der Waals surface area (Å²) in [7, 11) is 5.32. The Labute approximate surface area is 110 Å². The van der Waals surface area contributed by atoms with Gasteiger partial charge in [0.1, 0.15) is 5.75 Å². The zero-order valence-electron chi connectivity index (χ0n) is 12.2. The molecule has 102 valence electrons. The molecule has 2 atom stereocenters. The summed E-state index contributed by atoms with van der Waals surface area (Å²) in [5.41, 5.74) is 1.10. The van der Waals surface area contributed by atoms with E-state index in [1.54, 1.807) is 20.4 Å². The van der Waals surface area contributed by atoms with Crippen LogP contribution in [0.15, 0.2) is 18.5 Å². The van der Waals surface area contributed by atoms with Gasteiger partial charge in [-0.25, -0.2) is 0 Å². The van der Waals surface area contributed by atoms with Gasteiger partial charge in [-0.3, -0.25) is 4.98 Å². The van der Waals surface area contributed by atoms with E-state index in [0.29, 0.717) is 0 Å². The van der Waals surface area contributed by atoms with Crippen LogP contribution >= 0.6 is 0 Å². The second-order valence-electron chi connectivity index (χ2n) is 5.45. The SMILES string of the molecule is CNC(c1cncc(OC)c1)C(OC)C(C)(C)C. The van der Waals surface area contributed by atoms with Gasteiger partial charge in [0, 0.05) is 13.3 Å². The van der Waals surface area contributed by atoms with Gasteiger partial charge in [-0.1, -0.05) is 20.8 Å². The highest BCUT2D eigenvalue weighted by Gasteiger charge is 2.32. The van der Waals surface area contributed by atoms with Crippen molar-refractivity contribution in [1.29, 1.82) is 0 Å². The molecule has 4 heteroatoms. The third-order valence-electron chi connectivity index (χ3n) is 3.05. The number of nitrogens with one attached hydrogen (secondary N) is 1. The second kappa shape index (κ2) is 6.16. The summed E-state index contributed by atoms with van der Waals surface area (Å²) in [5, 5.41) is 3.31. The highest BCUT2D eigenvalue weighted by Crippen LogP contribution is 2.32. The van der Waals surface area contributed by atoms with Crippen molar-refractivity contribution in [1.82, 2.24) is 10.3 Å². The van der Waals surface area contributed by atoms with Crippen LogP contribution in [0.4, 0.5) is 0 Å². The van der Waals surface area contributed by atoms with E-state index in [9.17, 15) is 0 Å². The molecule has 0 aromatic carbocycles. The van der Waals surface area contributed by atoms with Crippen molar-refractivity contribution in [3.05, 3.63) is 24.0 Å². The first-order chi connectivity index (χ1) is 8.43. The minimum atomic E-state index is 0.0332. The number of nitrogens with zero attached hydrogens (tertiary/aromatic N) is 1. The van der Waals surface area contributed by atoms with Crippen LogP contribution in [0.1, 0.15) is 32.4 Å². The molecule has 0 aliphatic heterocycles. The lowest BCUT2D eigenvalue weighted by molar-refractivity contribution is -0.0103. The average Bonchev–Trinajstić information content (AvgIpc) is 2.34. The first kappa shape index (κ1) is 14.9. The molecular formula is C14H24N2O2. The molecule has 0 fully saturated rings. The van der Waals surface area contributed by atoms with Gasteiger partial charge in [0.25, 0.3) is 0 Å². The average molecular weight is 252 g/mol. The Balaban J connectivity index is 3.07. The summed E-state index contributed by atoms with van der Waals surface area (Å²) < 4.78 is 10.9. The van der Waals surface area contributed by atoms with E-state index in [-0.39, 0.29) is 17.6 Å². The Morgan fingerprint density at radius 2 is 1.89 bits per heavy atom. The predicted octanol–water partition coefficient (Wildman–Crippen LogP) is 2.41. The molecule has 1 aromatic heterocycles. The van der Waals surface area contributed by atoms with E-state index in [1.807, 2.05) is 19.3 Å². The zero-order chi connectivity index (χ0) is 13.8. The Morgan fingerprint density at radius 1 is 1.22 bits per heavy atom. The molecule has 0 aliphatic carbocycles. The van der Waals surface area contributed by atoms with Crippen LogP contribution in [-0.4, -0.2) is 32.4 Å². The van der Waals surface area contributed by atoms with Crippen molar-refractivity contribution < 1.29 is 9.47 Å². The molecule has 0 saturated heterocycles. The van der Waals surface area contributed by atoms with Gasteiger partial charge in [-0.05, 0) is 24.1 Å². The minimum absolute atomic E-state index is 0.0332. The smallest absolute Gasteiger partial charge is 0.137 e. The summed E-state index contributed by atoms with van der Waals surface area (Å²) in [5.74, 6) is 0.761. The number of methoxy groups -OCH3 is 2. The maximum absolute atomic E-state index is 5.66. The van der Waals surface area contributed by atoms with E-state index >= 15 is 0 Å². The number of hydrogen-bond acceptors (Lipinski definition) is 4. The lowest BCUT2D eigenvalue weighted by Gasteiger charge is -2.36. The number of pyridine rings is 1. The zero-order valence-corrected chi connectivity index (χ0v) is 12.2. The van der Waals surface area contributed by atoms with E-state index < -0.39 is 0 Å². The van der Waals surface area contributed by atoms with E-state index in [2.05, 4.69) is 31.1 Å². The van der Waals surface area contributed by atoms with Gasteiger partial charge >= 0.3 is 0 Å². The lowest BCUT2D eigenvalue weighted by atomic mass is 9.82. The van der Waals surface area contributed by atoms with E-state index in [4.69, 9.17) is 9.47 Å². The monoisotopic (exact) mass is 252 g/mol. The third kappa shape index (κ3) is 3.43. The summed E-state index contributed by atoms with van der Waals surface area (Å²) in [6, 6.07) is 2.07. The highest BCUT2D eigenvalue weighted by atomic mass is 16.5. The van der Waals surface area contributed by atoms with Crippen LogP contribution < -0.4 is 10.1 Å². The molecule has 1 N–H and O–H groups in total. The number of aromatic nitrogens is 1. The molecular weight excluding hydrogens is 228 g/mol. The van der Waals surface area contributed by atoms with E-state index in [1.165, 1.54) is 0 Å². The van der Waals surface area contributed by atoms with Crippen LogP contribution in [0.5, 0.6) is 5.75 Å². The standard InChI is InChI=1S/C14H24N2O2/c1-14(2,3)13(18-6)12(15-4)10-7-11(17-5)9-16-8-10/h7-9,12-13,15H,1-6H3. The van der Waals surface area contributed by atoms with Crippen molar-refractivity contribution in [3.8, 4) is 5.75 Å². The number of rotatable bonds is 5. The van der Waals surface area contributed by atoms with Gasteiger partial charge in [-0.2, -0.15) is 0 Å². The fraction of sp³-hybridized carbons (Fsp3) is 0.643. The van der Waals surface area contributed by atoms with Crippen LogP contribution in [0, 0.1) is 5.41 Å². The Bertz CT molecular complexity index is 374. The Hall–Kier alpha value is -1.13. The molecule has 0 saturated carbocycles. The minimum Gasteiger partial charge on any atom is -0.495 e. The van der Waals surface area contributed by atoms with Gasteiger partial charge in [0.15, 0.2) is 0 Å². The van der Waals surface area contributed by atoms with Crippen molar-refractivity contribution >= 4 is 0 Å². The molecule has 0 radical (unpaired) electrons. The molecule has 0 amide bonds. The van der Waals surface area contributed by atoms with E-state index in [0.717, 1.165) is 11.3 Å². The third-order valence-corrected chi connectivity index (χ3v) is 3.05. The molecule has 0 spiro atoms. The van der Waals surface area contributed by atoms with Crippen LogP contribution in [0.2, 0.25) is 0 Å². The molecule has 18 heavy (non-hydrogen) atoms. The fourth-order valence-electron chi connectivity index (χ4n) is 2.20. The molecule has 4 nitrogen and oxygen atoms in total. The van der Waals surface area contributed by atoms with Crippen molar-refractivity contribution in [2.45, 2.75) is 32.9 Å². The summed E-state index contributed by atoms with van der Waals surface area (Å²) in [6.07, 6.45) is 3.60. The molecule has 1 rings (SSSR count). The summed E-state index contributed by atoms with van der Waals surface area (Å²) in [4.78, 5) is 4.20. The lowest BCUT2D eigenvalue weighted by Crippen LogP contribution is -2.40. The summed E-state index contributed by atoms with van der Waals surface area (Å²) in [6.45, 7) is 6.50. The predicted molar refractivity (Wildman–Crippen MR) is 72.8 cm³/mol. The van der Waals surface area contributed by atoms with Crippen molar-refractivity contribution in [3.63, 3.8) is 0 Å². The van der Waals surface area contributed by atoms with Crippen LogP contribution in [0.3, 0.4) is 0 Å². The van der Waals surface area contributed by atoms with Gasteiger partial charge in [-0.15, -0.1) is 0 Å². The molecule has 0 aliphatic rings. The van der Waals surface area contributed by atoms with Crippen molar-refractivity contribution in [2.24, 2.45) is 5.41 Å². The van der Waals surface area contributed by atoms with Crippen LogP contribution in [-0.2, 0) is 4.74 Å². The quantitative estimate of drug-likeness (QED) is 0.874. The topological polar surface area (TPSA) is 43.4 Å². The molecule has 0 bridgehead atoms. The molecule has 1 aromatic rings. The summed E-state index contributed by atoms with van der Waals surface area (Å²) >= 11 is 0. The fourth-order valence-corrected chi connectivity index (χ4v) is 2.20. The van der Waals surface area contributed by atoms with Gasteiger partial charge in [0.2, 0.25) is 0 Å². The Kier molecular flexibility index (Phi) is 5.11.